The third-order valence-electron chi connectivity index (χ3n) is 2.31. The predicted molar refractivity (Wildman–Crippen MR) is 59.0 cm³/mol. The Morgan fingerprint density at radius 2 is 1.60 bits per heavy atom. The fraction of sp³-hybridized carbons (Fsp3) is 0.0769. The minimum Gasteiger partial charge on any atom is -0.508 e. The smallest absolute Gasteiger partial charge is 0.122 e. The van der Waals surface area contributed by atoms with E-state index >= 15 is 0 Å². The highest BCUT2D eigenvalue weighted by molar-refractivity contribution is 5.41. The van der Waals surface area contributed by atoms with Crippen LogP contribution in [0.1, 0.15) is 11.1 Å². The molecule has 2 aromatic rings. The topological polar surface area (TPSA) is 40.5 Å². The monoisotopic (exact) mass is 200 g/mol. The molecule has 0 saturated carbocycles. The van der Waals surface area contributed by atoms with Gasteiger partial charge in [0.15, 0.2) is 0 Å². The lowest BCUT2D eigenvalue weighted by Crippen LogP contribution is -1.87. The molecule has 0 heterocycles. The molecule has 2 N–H and O–H groups in total. The lowest BCUT2D eigenvalue weighted by atomic mass is 10.0. The normalized spacial score (nSPS) is 10.1. The second kappa shape index (κ2) is 4.05. The molecule has 2 aromatic carbocycles. The van der Waals surface area contributed by atoms with Crippen molar-refractivity contribution in [2.45, 2.75) is 6.42 Å². The van der Waals surface area contributed by atoms with Crippen molar-refractivity contribution in [1.82, 2.24) is 0 Å². The Balaban J connectivity index is 2.25. The summed E-state index contributed by atoms with van der Waals surface area (Å²) in [4.78, 5) is 0. The van der Waals surface area contributed by atoms with Gasteiger partial charge in [-0.15, -0.1) is 0 Å². The average Bonchev–Trinajstić information content (AvgIpc) is 2.24. The fourth-order valence-electron chi connectivity index (χ4n) is 1.52. The summed E-state index contributed by atoms with van der Waals surface area (Å²) in [5.41, 5.74) is 1.96. The molecule has 0 fully saturated rings. The highest BCUT2D eigenvalue weighted by Crippen LogP contribution is 2.24. The molecular weight excluding hydrogens is 188 g/mol. The van der Waals surface area contributed by atoms with Crippen LogP contribution in [0.4, 0.5) is 0 Å². The standard InChI is InChI=1S/C13H12O2/c14-12-7-6-11(13(15)9-12)8-10-4-2-1-3-5-10/h1-7,9,14-15H,8H2. The molecule has 15 heavy (non-hydrogen) atoms. The Bertz CT molecular complexity index is 449. The van der Waals surface area contributed by atoms with E-state index in [0.29, 0.717) is 6.42 Å². The van der Waals surface area contributed by atoms with E-state index in [9.17, 15) is 5.11 Å². The van der Waals surface area contributed by atoms with Crippen molar-refractivity contribution < 1.29 is 10.2 Å². The molecule has 0 spiro atoms. The number of phenols is 2. The highest BCUT2D eigenvalue weighted by Gasteiger charge is 2.02. The van der Waals surface area contributed by atoms with E-state index < -0.39 is 0 Å². The van der Waals surface area contributed by atoms with Crippen LogP contribution in [0.3, 0.4) is 0 Å². The molecular formula is C13H12O2. The molecule has 2 heteroatoms. The van der Waals surface area contributed by atoms with E-state index in [2.05, 4.69) is 0 Å². The molecule has 0 unspecified atom stereocenters. The molecule has 0 saturated heterocycles. The third-order valence-corrected chi connectivity index (χ3v) is 2.31. The van der Waals surface area contributed by atoms with E-state index in [1.54, 1.807) is 12.1 Å². The summed E-state index contributed by atoms with van der Waals surface area (Å²) >= 11 is 0. The molecule has 0 aromatic heterocycles. The van der Waals surface area contributed by atoms with Gasteiger partial charge in [-0.05, 0) is 17.2 Å². The SMILES string of the molecule is Oc1ccc(Cc2ccccc2)c(O)c1. The van der Waals surface area contributed by atoms with E-state index in [0.717, 1.165) is 11.1 Å². The van der Waals surface area contributed by atoms with Crippen LogP contribution in [-0.4, -0.2) is 10.2 Å². The van der Waals surface area contributed by atoms with Gasteiger partial charge < -0.3 is 10.2 Å². The predicted octanol–water partition coefficient (Wildman–Crippen LogP) is 2.69. The molecule has 0 amide bonds. The summed E-state index contributed by atoms with van der Waals surface area (Å²) in [6, 6.07) is 14.6. The van der Waals surface area contributed by atoms with Crippen molar-refractivity contribution in [2.75, 3.05) is 0 Å². The first kappa shape index (κ1) is 9.59. The van der Waals surface area contributed by atoms with Gasteiger partial charge >= 0.3 is 0 Å². The molecule has 2 rings (SSSR count). The fourth-order valence-corrected chi connectivity index (χ4v) is 1.52. The van der Waals surface area contributed by atoms with Crippen LogP contribution in [0.2, 0.25) is 0 Å². The maximum atomic E-state index is 9.59. The third kappa shape index (κ3) is 2.29. The number of aromatic hydroxyl groups is 2. The summed E-state index contributed by atoms with van der Waals surface area (Å²) in [6.45, 7) is 0. The van der Waals surface area contributed by atoms with Crippen LogP contribution in [0.25, 0.3) is 0 Å². The molecule has 2 nitrogen and oxygen atoms in total. The van der Waals surface area contributed by atoms with Gasteiger partial charge in [0.05, 0.1) is 0 Å². The van der Waals surface area contributed by atoms with Crippen molar-refractivity contribution in [3.05, 3.63) is 59.7 Å². The zero-order valence-corrected chi connectivity index (χ0v) is 8.22. The molecule has 76 valence electrons. The summed E-state index contributed by atoms with van der Waals surface area (Å²) in [5.74, 6) is 0.225. The van der Waals surface area contributed by atoms with Gasteiger partial charge in [0.1, 0.15) is 11.5 Å². The Kier molecular flexibility index (Phi) is 2.59. The molecule has 0 radical (unpaired) electrons. The number of phenolic OH excluding ortho intramolecular Hbond substituents is 2. The summed E-state index contributed by atoms with van der Waals surface area (Å²) in [6.07, 6.45) is 0.674. The highest BCUT2D eigenvalue weighted by atomic mass is 16.3. The van der Waals surface area contributed by atoms with E-state index in [4.69, 9.17) is 5.11 Å². The Hall–Kier alpha value is -1.96. The van der Waals surface area contributed by atoms with Gasteiger partial charge in [-0.1, -0.05) is 36.4 Å². The van der Waals surface area contributed by atoms with Gasteiger partial charge in [-0.25, -0.2) is 0 Å². The van der Waals surface area contributed by atoms with Gasteiger partial charge in [0, 0.05) is 12.5 Å². The second-order valence-corrected chi connectivity index (χ2v) is 3.48. The minimum atomic E-state index is 0.0873. The first-order valence-corrected chi connectivity index (χ1v) is 4.80. The quantitative estimate of drug-likeness (QED) is 0.782. The van der Waals surface area contributed by atoms with Crippen LogP contribution in [0.15, 0.2) is 48.5 Å². The van der Waals surface area contributed by atoms with Crippen molar-refractivity contribution >= 4 is 0 Å². The minimum absolute atomic E-state index is 0.0873. The number of benzene rings is 2. The second-order valence-electron chi connectivity index (χ2n) is 3.48. The maximum absolute atomic E-state index is 9.59. The lowest BCUT2D eigenvalue weighted by Gasteiger charge is -2.04. The zero-order valence-electron chi connectivity index (χ0n) is 8.22. The van der Waals surface area contributed by atoms with E-state index in [1.807, 2.05) is 30.3 Å². The van der Waals surface area contributed by atoms with Gasteiger partial charge in [0.2, 0.25) is 0 Å². The number of hydrogen-bond acceptors (Lipinski definition) is 2. The summed E-state index contributed by atoms with van der Waals surface area (Å²) in [5, 5.41) is 18.7. The largest absolute Gasteiger partial charge is 0.508 e. The molecule has 0 bridgehead atoms. The van der Waals surface area contributed by atoms with Crippen LogP contribution < -0.4 is 0 Å². The van der Waals surface area contributed by atoms with Crippen molar-refractivity contribution in [2.24, 2.45) is 0 Å². The van der Waals surface area contributed by atoms with Gasteiger partial charge in [-0.2, -0.15) is 0 Å². The number of rotatable bonds is 2. The van der Waals surface area contributed by atoms with Gasteiger partial charge in [-0.3, -0.25) is 0 Å². The molecule has 0 aliphatic carbocycles. The van der Waals surface area contributed by atoms with Crippen LogP contribution >= 0.6 is 0 Å². The van der Waals surface area contributed by atoms with Gasteiger partial charge in [0.25, 0.3) is 0 Å². The number of hydrogen-bond donors (Lipinski definition) is 2. The summed E-state index contributed by atoms with van der Waals surface area (Å²) < 4.78 is 0. The molecule has 0 atom stereocenters. The summed E-state index contributed by atoms with van der Waals surface area (Å²) in [7, 11) is 0. The van der Waals surface area contributed by atoms with Crippen molar-refractivity contribution in [3.63, 3.8) is 0 Å². The average molecular weight is 200 g/mol. The van der Waals surface area contributed by atoms with Crippen LogP contribution in [0, 0.1) is 0 Å². The van der Waals surface area contributed by atoms with Crippen molar-refractivity contribution in [1.29, 1.82) is 0 Å². The first-order chi connectivity index (χ1) is 7.25. The van der Waals surface area contributed by atoms with Crippen molar-refractivity contribution in [3.8, 4) is 11.5 Å². The van der Waals surface area contributed by atoms with E-state index in [-0.39, 0.29) is 11.5 Å². The first-order valence-electron chi connectivity index (χ1n) is 4.80. The Labute approximate surface area is 88.4 Å². The molecule has 0 aliphatic rings. The maximum Gasteiger partial charge on any atom is 0.122 e. The zero-order chi connectivity index (χ0) is 10.7. The molecule has 0 aliphatic heterocycles. The Morgan fingerprint density at radius 1 is 0.867 bits per heavy atom. The lowest BCUT2D eigenvalue weighted by molar-refractivity contribution is 0.447. The van der Waals surface area contributed by atoms with E-state index in [1.165, 1.54) is 6.07 Å². The van der Waals surface area contributed by atoms with Crippen LogP contribution in [0.5, 0.6) is 11.5 Å². The Morgan fingerprint density at radius 3 is 2.27 bits per heavy atom. The van der Waals surface area contributed by atoms with Crippen LogP contribution in [-0.2, 0) is 6.42 Å².